The lowest BCUT2D eigenvalue weighted by atomic mass is 10.1. The molecule has 1 unspecified atom stereocenters. The normalized spacial score (nSPS) is 18.3. The topological polar surface area (TPSA) is 81.6 Å². The van der Waals surface area contributed by atoms with Crippen LogP contribution in [-0.2, 0) is 10.0 Å². The zero-order valence-corrected chi connectivity index (χ0v) is 17.0. The highest BCUT2D eigenvalue weighted by Gasteiger charge is 2.32. The Morgan fingerprint density at radius 1 is 1.33 bits per heavy atom. The maximum absolute atomic E-state index is 14.1. The van der Waals surface area contributed by atoms with Crippen LogP contribution < -0.4 is 9.47 Å². The number of aromatic nitrogens is 2. The first-order valence-electron chi connectivity index (χ1n) is 8.47. The van der Waals surface area contributed by atoms with Gasteiger partial charge in [0.25, 0.3) is 0 Å². The molecule has 0 amide bonds. The fraction of sp³-hybridized carbons (Fsp3) is 0.412. The summed E-state index contributed by atoms with van der Waals surface area (Å²) in [6, 6.07) is 3.86. The number of sulfonamides is 1. The fourth-order valence-electron chi connectivity index (χ4n) is 2.79. The van der Waals surface area contributed by atoms with Gasteiger partial charge in [-0.15, -0.1) is 0 Å². The van der Waals surface area contributed by atoms with E-state index in [1.54, 1.807) is 19.3 Å². The van der Waals surface area contributed by atoms with E-state index in [2.05, 4.69) is 25.9 Å². The van der Waals surface area contributed by atoms with E-state index in [1.165, 1.54) is 16.4 Å². The summed E-state index contributed by atoms with van der Waals surface area (Å²) in [5, 5.41) is 0. The summed E-state index contributed by atoms with van der Waals surface area (Å²) in [6.07, 6.45) is 4.05. The van der Waals surface area contributed by atoms with Crippen molar-refractivity contribution < 1.29 is 22.3 Å². The molecular weight excluding hydrogens is 441 g/mol. The van der Waals surface area contributed by atoms with Gasteiger partial charge in [0.2, 0.25) is 10.0 Å². The van der Waals surface area contributed by atoms with Crippen LogP contribution in [0.25, 0.3) is 0 Å². The summed E-state index contributed by atoms with van der Waals surface area (Å²) in [5.41, 5.74) is 0. The Morgan fingerprint density at radius 2 is 2.07 bits per heavy atom. The van der Waals surface area contributed by atoms with E-state index in [4.69, 9.17) is 9.47 Å². The highest BCUT2D eigenvalue weighted by Crippen LogP contribution is 2.26. The van der Waals surface area contributed by atoms with Crippen molar-refractivity contribution in [2.24, 2.45) is 0 Å². The van der Waals surface area contributed by atoms with Gasteiger partial charge in [0.1, 0.15) is 6.10 Å². The largest absolute Gasteiger partial charge is 0.491 e. The molecule has 7 nitrogen and oxygen atoms in total. The van der Waals surface area contributed by atoms with Crippen LogP contribution in [0, 0.1) is 5.82 Å². The van der Waals surface area contributed by atoms with Crippen LogP contribution in [0.3, 0.4) is 0 Å². The number of halogens is 2. The van der Waals surface area contributed by atoms with Crippen molar-refractivity contribution in [3.05, 3.63) is 40.9 Å². The third-order valence-electron chi connectivity index (χ3n) is 4.05. The van der Waals surface area contributed by atoms with Crippen molar-refractivity contribution in [3.8, 4) is 11.8 Å². The van der Waals surface area contributed by atoms with Crippen molar-refractivity contribution in [2.75, 3.05) is 19.7 Å². The van der Waals surface area contributed by atoms with Gasteiger partial charge >= 0.3 is 6.01 Å². The molecule has 0 N–H and O–H groups in total. The minimum absolute atomic E-state index is 0.0312. The van der Waals surface area contributed by atoms with Crippen LogP contribution in [0.2, 0.25) is 0 Å². The van der Waals surface area contributed by atoms with Gasteiger partial charge in [0.15, 0.2) is 11.6 Å². The molecule has 0 bridgehead atoms. The molecule has 0 radical (unpaired) electrons. The monoisotopic (exact) mass is 459 g/mol. The summed E-state index contributed by atoms with van der Waals surface area (Å²) < 4.78 is 52.7. The number of hydrogen-bond donors (Lipinski definition) is 0. The number of ether oxygens (including phenoxy) is 2. The second kappa shape index (κ2) is 8.49. The summed E-state index contributed by atoms with van der Waals surface area (Å²) in [4.78, 5) is 7.98. The number of hydrogen-bond acceptors (Lipinski definition) is 6. The number of piperidine rings is 1. The van der Waals surface area contributed by atoms with Gasteiger partial charge in [-0.3, -0.25) is 0 Å². The first kappa shape index (κ1) is 20.0. The Morgan fingerprint density at radius 3 is 2.74 bits per heavy atom. The minimum Gasteiger partial charge on any atom is -0.491 e. The Hall–Kier alpha value is -1.78. The number of benzene rings is 1. The zero-order valence-electron chi connectivity index (χ0n) is 14.6. The number of rotatable bonds is 6. The molecule has 2 heterocycles. The molecule has 3 rings (SSSR count). The average molecular weight is 460 g/mol. The third-order valence-corrected chi connectivity index (χ3v) is 6.32. The van der Waals surface area contributed by atoms with Gasteiger partial charge in [-0.25, -0.2) is 22.8 Å². The van der Waals surface area contributed by atoms with Crippen molar-refractivity contribution in [1.29, 1.82) is 0 Å². The van der Waals surface area contributed by atoms with E-state index in [9.17, 15) is 12.8 Å². The molecule has 0 spiro atoms. The molecular formula is C17H19BrFN3O4S. The molecule has 1 aliphatic rings. The lowest BCUT2D eigenvalue weighted by Crippen LogP contribution is -2.44. The molecule has 1 fully saturated rings. The number of nitrogens with zero attached hydrogens (tertiary/aromatic N) is 3. The molecule has 0 aliphatic carbocycles. The maximum atomic E-state index is 14.1. The van der Waals surface area contributed by atoms with Gasteiger partial charge in [-0.2, -0.15) is 4.31 Å². The van der Waals surface area contributed by atoms with Gasteiger partial charge in [0.05, 0.1) is 22.5 Å². The predicted molar refractivity (Wildman–Crippen MR) is 99.7 cm³/mol. The van der Waals surface area contributed by atoms with E-state index in [-0.39, 0.29) is 29.3 Å². The van der Waals surface area contributed by atoms with Crippen molar-refractivity contribution in [1.82, 2.24) is 14.3 Å². The van der Waals surface area contributed by atoms with E-state index in [0.29, 0.717) is 26.0 Å². The lowest BCUT2D eigenvalue weighted by Gasteiger charge is -2.31. The highest BCUT2D eigenvalue weighted by molar-refractivity contribution is 9.10. The average Bonchev–Trinajstić information content (AvgIpc) is 2.65. The van der Waals surface area contributed by atoms with E-state index < -0.39 is 15.8 Å². The van der Waals surface area contributed by atoms with Crippen LogP contribution in [0.4, 0.5) is 4.39 Å². The Balaban J connectivity index is 1.74. The van der Waals surface area contributed by atoms with Crippen molar-refractivity contribution in [3.63, 3.8) is 0 Å². The molecule has 0 saturated carbocycles. The van der Waals surface area contributed by atoms with Crippen molar-refractivity contribution >= 4 is 26.0 Å². The van der Waals surface area contributed by atoms with E-state index >= 15 is 0 Å². The van der Waals surface area contributed by atoms with Gasteiger partial charge in [0, 0.05) is 18.9 Å². The van der Waals surface area contributed by atoms with E-state index in [0.717, 1.165) is 10.5 Å². The quantitative estimate of drug-likeness (QED) is 0.660. The Labute approximate surface area is 165 Å². The van der Waals surface area contributed by atoms with Crippen LogP contribution in [0.15, 0.2) is 40.0 Å². The van der Waals surface area contributed by atoms with Crippen LogP contribution in [0.1, 0.15) is 19.8 Å². The predicted octanol–water partition coefficient (Wildman–Crippen LogP) is 3.01. The smallest absolute Gasteiger partial charge is 0.316 e. The SMILES string of the molecule is CCOc1ccc(S(=O)(=O)N2CCCC(Oc3ncc(Br)cn3)C2)cc1F. The maximum Gasteiger partial charge on any atom is 0.316 e. The molecule has 27 heavy (non-hydrogen) atoms. The first-order chi connectivity index (χ1) is 12.9. The second-order valence-corrected chi connectivity index (χ2v) is 8.81. The molecule has 1 aromatic heterocycles. The summed E-state index contributed by atoms with van der Waals surface area (Å²) in [5.74, 6) is -0.672. The molecule has 1 atom stereocenters. The molecule has 1 aliphatic heterocycles. The van der Waals surface area contributed by atoms with Gasteiger partial charge < -0.3 is 9.47 Å². The standard InChI is InChI=1S/C17H19BrFN3O4S/c1-2-25-16-6-5-14(8-15(16)19)27(23,24)22-7-3-4-13(11-22)26-17-20-9-12(18)10-21-17/h5-6,8-10,13H,2-4,7,11H2,1H3. The van der Waals surface area contributed by atoms with Crippen LogP contribution >= 0.6 is 15.9 Å². The fourth-order valence-corrected chi connectivity index (χ4v) is 4.52. The van der Waals surface area contributed by atoms with E-state index in [1.807, 2.05) is 0 Å². The summed E-state index contributed by atoms with van der Waals surface area (Å²) in [7, 11) is -3.84. The molecule has 1 saturated heterocycles. The van der Waals surface area contributed by atoms with Gasteiger partial charge in [-0.1, -0.05) is 0 Å². The molecule has 146 valence electrons. The zero-order chi connectivity index (χ0) is 19.4. The Kier molecular flexibility index (Phi) is 6.28. The van der Waals surface area contributed by atoms with Crippen LogP contribution in [-0.4, -0.2) is 48.5 Å². The molecule has 10 heteroatoms. The van der Waals surface area contributed by atoms with Crippen LogP contribution in [0.5, 0.6) is 11.8 Å². The second-order valence-electron chi connectivity index (χ2n) is 5.95. The molecule has 2 aromatic rings. The first-order valence-corrected chi connectivity index (χ1v) is 10.7. The van der Waals surface area contributed by atoms with Gasteiger partial charge in [-0.05, 0) is 53.9 Å². The highest BCUT2D eigenvalue weighted by atomic mass is 79.9. The van der Waals surface area contributed by atoms with Crippen molar-refractivity contribution in [2.45, 2.75) is 30.8 Å². The lowest BCUT2D eigenvalue weighted by molar-refractivity contribution is 0.119. The summed E-state index contributed by atoms with van der Waals surface area (Å²) >= 11 is 3.25. The summed E-state index contributed by atoms with van der Waals surface area (Å²) in [6.45, 7) is 2.52. The third kappa shape index (κ3) is 4.74. The Bertz CT molecular complexity index is 896. The minimum atomic E-state index is -3.84. The molecule has 1 aromatic carbocycles.